The predicted octanol–water partition coefficient (Wildman–Crippen LogP) is 1.63. The SMILES string of the molecule is CCNc1nc(NCc2ccc(C)nc2)nc(OC)n1. The van der Waals surface area contributed by atoms with Crippen molar-refractivity contribution in [3.63, 3.8) is 0 Å². The zero-order valence-corrected chi connectivity index (χ0v) is 11.8. The van der Waals surface area contributed by atoms with E-state index in [2.05, 4.69) is 30.6 Å². The Labute approximate surface area is 117 Å². The molecule has 0 aliphatic carbocycles. The molecule has 20 heavy (non-hydrogen) atoms. The van der Waals surface area contributed by atoms with Crippen molar-refractivity contribution in [2.24, 2.45) is 0 Å². The van der Waals surface area contributed by atoms with Crippen LogP contribution in [0.15, 0.2) is 18.3 Å². The predicted molar refractivity (Wildman–Crippen MR) is 76.8 cm³/mol. The molecular formula is C13H18N6O. The van der Waals surface area contributed by atoms with Crippen LogP contribution in [0.5, 0.6) is 6.01 Å². The summed E-state index contributed by atoms with van der Waals surface area (Å²) in [5.74, 6) is 0.956. The molecule has 2 heterocycles. The smallest absolute Gasteiger partial charge is 0.322 e. The van der Waals surface area contributed by atoms with E-state index in [0.29, 0.717) is 18.4 Å². The van der Waals surface area contributed by atoms with Gasteiger partial charge >= 0.3 is 6.01 Å². The Bertz CT molecular complexity index is 557. The lowest BCUT2D eigenvalue weighted by atomic mass is 10.2. The Balaban J connectivity index is 2.07. The van der Waals surface area contributed by atoms with Gasteiger partial charge in [0, 0.05) is 25.0 Å². The van der Waals surface area contributed by atoms with Crippen LogP contribution in [-0.2, 0) is 6.54 Å². The summed E-state index contributed by atoms with van der Waals surface area (Å²) < 4.78 is 5.06. The first kappa shape index (κ1) is 14.0. The van der Waals surface area contributed by atoms with Crippen molar-refractivity contribution in [1.82, 2.24) is 19.9 Å². The van der Waals surface area contributed by atoms with Gasteiger partial charge in [0.05, 0.1) is 7.11 Å². The van der Waals surface area contributed by atoms with Crippen LogP contribution in [0.2, 0.25) is 0 Å². The summed E-state index contributed by atoms with van der Waals surface area (Å²) in [4.78, 5) is 16.8. The minimum absolute atomic E-state index is 0.278. The van der Waals surface area contributed by atoms with E-state index in [1.807, 2.05) is 32.2 Å². The Hall–Kier alpha value is -2.44. The largest absolute Gasteiger partial charge is 0.467 e. The van der Waals surface area contributed by atoms with Crippen LogP contribution in [0.1, 0.15) is 18.2 Å². The van der Waals surface area contributed by atoms with Gasteiger partial charge < -0.3 is 15.4 Å². The first-order chi connectivity index (χ1) is 9.71. The summed E-state index contributed by atoms with van der Waals surface area (Å²) in [6, 6.07) is 4.26. The van der Waals surface area contributed by atoms with Crippen LogP contribution < -0.4 is 15.4 Å². The molecule has 7 heteroatoms. The number of hydrogen-bond donors (Lipinski definition) is 2. The zero-order chi connectivity index (χ0) is 14.4. The highest BCUT2D eigenvalue weighted by atomic mass is 16.5. The second-order valence-electron chi connectivity index (χ2n) is 4.16. The standard InChI is InChI=1S/C13H18N6O/c1-4-14-11-17-12(19-13(18-11)20-3)16-8-10-6-5-9(2)15-7-10/h5-7H,4,8H2,1-3H3,(H2,14,16,17,18,19). The number of rotatable bonds is 6. The minimum Gasteiger partial charge on any atom is -0.467 e. The molecule has 2 N–H and O–H groups in total. The number of aryl methyl sites for hydroxylation is 1. The number of nitrogens with zero attached hydrogens (tertiary/aromatic N) is 4. The van der Waals surface area contributed by atoms with Gasteiger partial charge in [0.2, 0.25) is 11.9 Å². The number of nitrogens with one attached hydrogen (secondary N) is 2. The summed E-state index contributed by atoms with van der Waals surface area (Å²) in [6.07, 6.45) is 1.83. The Morgan fingerprint density at radius 3 is 2.45 bits per heavy atom. The van der Waals surface area contributed by atoms with Gasteiger partial charge in [-0.25, -0.2) is 0 Å². The van der Waals surface area contributed by atoms with Crippen molar-refractivity contribution >= 4 is 11.9 Å². The van der Waals surface area contributed by atoms with Crippen LogP contribution in [0.3, 0.4) is 0 Å². The summed E-state index contributed by atoms with van der Waals surface area (Å²) in [5.41, 5.74) is 2.05. The molecule has 2 rings (SSSR count). The van der Waals surface area contributed by atoms with Gasteiger partial charge in [-0.15, -0.1) is 0 Å². The summed E-state index contributed by atoms with van der Waals surface area (Å²) in [6.45, 7) is 5.25. The molecule has 2 aromatic rings. The van der Waals surface area contributed by atoms with E-state index in [0.717, 1.165) is 17.8 Å². The van der Waals surface area contributed by atoms with Gasteiger partial charge in [-0.1, -0.05) is 6.07 Å². The fraction of sp³-hybridized carbons (Fsp3) is 0.385. The van der Waals surface area contributed by atoms with Crippen LogP contribution in [0, 0.1) is 6.92 Å². The molecule has 0 aliphatic heterocycles. The molecule has 0 saturated heterocycles. The van der Waals surface area contributed by atoms with E-state index in [1.165, 1.54) is 7.11 Å². The fourth-order valence-corrected chi connectivity index (χ4v) is 1.55. The normalized spacial score (nSPS) is 10.2. The summed E-state index contributed by atoms with van der Waals surface area (Å²) in [5, 5.41) is 6.17. The lowest BCUT2D eigenvalue weighted by Gasteiger charge is -2.08. The van der Waals surface area contributed by atoms with Crippen molar-refractivity contribution in [1.29, 1.82) is 0 Å². The maximum atomic E-state index is 5.06. The third-order valence-corrected chi connectivity index (χ3v) is 2.56. The Kier molecular flexibility index (Phi) is 4.65. The van der Waals surface area contributed by atoms with Crippen molar-refractivity contribution in [3.8, 4) is 6.01 Å². The van der Waals surface area contributed by atoms with Gasteiger partial charge in [0.25, 0.3) is 0 Å². The van der Waals surface area contributed by atoms with Crippen LogP contribution in [0.25, 0.3) is 0 Å². The topological polar surface area (TPSA) is 84.9 Å². The van der Waals surface area contributed by atoms with E-state index >= 15 is 0 Å². The lowest BCUT2D eigenvalue weighted by Crippen LogP contribution is -2.10. The van der Waals surface area contributed by atoms with Crippen LogP contribution in [-0.4, -0.2) is 33.6 Å². The molecule has 106 valence electrons. The second kappa shape index (κ2) is 6.65. The molecule has 7 nitrogen and oxygen atoms in total. The third-order valence-electron chi connectivity index (χ3n) is 2.56. The second-order valence-corrected chi connectivity index (χ2v) is 4.16. The highest BCUT2D eigenvalue weighted by molar-refractivity contribution is 5.36. The monoisotopic (exact) mass is 274 g/mol. The van der Waals surface area contributed by atoms with Crippen molar-refractivity contribution in [2.45, 2.75) is 20.4 Å². The maximum Gasteiger partial charge on any atom is 0.322 e. The summed E-state index contributed by atoms with van der Waals surface area (Å²) >= 11 is 0. The van der Waals surface area contributed by atoms with Gasteiger partial charge in [0.15, 0.2) is 0 Å². The van der Waals surface area contributed by atoms with Crippen molar-refractivity contribution < 1.29 is 4.74 Å². The highest BCUT2D eigenvalue weighted by Crippen LogP contribution is 2.11. The molecule has 0 atom stereocenters. The zero-order valence-electron chi connectivity index (χ0n) is 11.8. The Morgan fingerprint density at radius 2 is 1.85 bits per heavy atom. The lowest BCUT2D eigenvalue weighted by molar-refractivity contribution is 0.379. The minimum atomic E-state index is 0.278. The van der Waals surface area contributed by atoms with Gasteiger partial charge in [-0.05, 0) is 25.5 Å². The van der Waals surface area contributed by atoms with Crippen molar-refractivity contribution in [3.05, 3.63) is 29.6 Å². The highest BCUT2D eigenvalue weighted by Gasteiger charge is 2.06. The van der Waals surface area contributed by atoms with Gasteiger partial charge in [-0.3, -0.25) is 4.98 Å². The quantitative estimate of drug-likeness (QED) is 0.828. The number of hydrogen-bond acceptors (Lipinski definition) is 7. The molecule has 0 aromatic carbocycles. The molecule has 0 spiro atoms. The molecule has 0 bridgehead atoms. The molecule has 0 fully saturated rings. The first-order valence-corrected chi connectivity index (χ1v) is 6.40. The average molecular weight is 274 g/mol. The van der Waals surface area contributed by atoms with E-state index in [-0.39, 0.29) is 6.01 Å². The molecule has 0 unspecified atom stereocenters. The number of pyridine rings is 1. The fourth-order valence-electron chi connectivity index (χ4n) is 1.55. The third kappa shape index (κ3) is 3.78. The first-order valence-electron chi connectivity index (χ1n) is 6.40. The van der Waals surface area contributed by atoms with E-state index in [1.54, 1.807) is 0 Å². The number of ether oxygens (including phenoxy) is 1. The Morgan fingerprint density at radius 1 is 1.10 bits per heavy atom. The molecule has 0 radical (unpaired) electrons. The molecule has 0 amide bonds. The van der Waals surface area contributed by atoms with Crippen LogP contribution >= 0.6 is 0 Å². The van der Waals surface area contributed by atoms with E-state index < -0.39 is 0 Å². The summed E-state index contributed by atoms with van der Waals surface area (Å²) in [7, 11) is 1.53. The molecular weight excluding hydrogens is 256 g/mol. The van der Waals surface area contributed by atoms with E-state index in [9.17, 15) is 0 Å². The molecule has 0 saturated carbocycles. The number of aromatic nitrogens is 4. The average Bonchev–Trinajstić information content (AvgIpc) is 2.47. The molecule has 2 aromatic heterocycles. The van der Waals surface area contributed by atoms with Crippen molar-refractivity contribution in [2.75, 3.05) is 24.3 Å². The number of methoxy groups -OCH3 is 1. The number of anilines is 2. The maximum absolute atomic E-state index is 5.06. The van der Waals surface area contributed by atoms with Crippen LogP contribution in [0.4, 0.5) is 11.9 Å². The van der Waals surface area contributed by atoms with Gasteiger partial charge in [-0.2, -0.15) is 15.0 Å². The molecule has 0 aliphatic rings. The van der Waals surface area contributed by atoms with E-state index in [4.69, 9.17) is 4.74 Å². The van der Waals surface area contributed by atoms with Gasteiger partial charge in [0.1, 0.15) is 0 Å².